The fraction of sp³-hybridized carbons (Fsp3) is 0.611. The van der Waals surface area contributed by atoms with E-state index in [0.29, 0.717) is 31.3 Å². The summed E-state index contributed by atoms with van der Waals surface area (Å²) in [6, 6.07) is 1.31. The van der Waals surface area contributed by atoms with E-state index < -0.39 is 29.5 Å². The Morgan fingerprint density at radius 1 is 0.964 bits per heavy atom. The van der Waals surface area contributed by atoms with Crippen LogP contribution in [0.3, 0.4) is 0 Å². The van der Waals surface area contributed by atoms with Gasteiger partial charge < -0.3 is 14.7 Å². The quantitative estimate of drug-likeness (QED) is 0.694. The van der Waals surface area contributed by atoms with Crippen molar-refractivity contribution in [3.8, 4) is 0 Å². The number of hydrogen-bond donors (Lipinski definition) is 0. The third-order valence-electron chi connectivity index (χ3n) is 4.86. The number of carbonyl (C=O) groups is 1. The molecule has 158 valence electrons. The largest absolute Gasteiger partial charge is 0.416 e. The predicted octanol–water partition coefficient (Wildman–Crippen LogP) is 4.30. The van der Waals surface area contributed by atoms with Crippen LogP contribution in [0.5, 0.6) is 0 Å². The normalized spacial score (nSPS) is 16.6. The van der Waals surface area contributed by atoms with E-state index in [9.17, 15) is 31.1 Å². The molecule has 1 aliphatic rings. The topological polar surface area (TPSA) is 26.8 Å². The van der Waals surface area contributed by atoms with Crippen molar-refractivity contribution in [2.75, 3.05) is 34.2 Å². The number of urea groups is 1. The Labute approximate surface area is 159 Å². The fourth-order valence-electron chi connectivity index (χ4n) is 3.27. The van der Waals surface area contributed by atoms with Crippen LogP contribution in [0.15, 0.2) is 18.2 Å². The van der Waals surface area contributed by atoms with Crippen molar-refractivity contribution >= 4 is 6.03 Å². The standard InChI is InChI=1S/C18H23F6N3O/c1-25(2)15-4-6-27(7-5-15)16(28)26(3)11-12-8-13(17(19,20)21)10-14(9-12)18(22,23)24/h8-10,15H,4-7,11H2,1-3H3. The highest BCUT2D eigenvalue weighted by atomic mass is 19.4. The summed E-state index contributed by atoms with van der Waals surface area (Å²) in [5.41, 5.74) is -2.99. The molecule has 4 nitrogen and oxygen atoms in total. The molecule has 1 fully saturated rings. The molecule has 2 rings (SSSR count). The number of hydrogen-bond acceptors (Lipinski definition) is 2. The maximum absolute atomic E-state index is 13.0. The first-order chi connectivity index (χ1) is 12.8. The van der Waals surface area contributed by atoms with E-state index in [-0.39, 0.29) is 18.2 Å². The van der Waals surface area contributed by atoms with Gasteiger partial charge in [-0.2, -0.15) is 26.3 Å². The Morgan fingerprint density at radius 2 is 1.43 bits per heavy atom. The molecule has 0 radical (unpaired) electrons. The van der Waals surface area contributed by atoms with E-state index in [2.05, 4.69) is 4.90 Å². The van der Waals surface area contributed by atoms with Crippen LogP contribution >= 0.6 is 0 Å². The fourth-order valence-corrected chi connectivity index (χ4v) is 3.27. The third-order valence-corrected chi connectivity index (χ3v) is 4.86. The summed E-state index contributed by atoms with van der Waals surface area (Å²) in [5.74, 6) is 0. The van der Waals surface area contributed by atoms with Crippen molar-refractivity contribution in [2.24, 2.45) is 0 Å². The lowest BCUT2D eigenvalue weighted by atomic mass is 10.0. The summed E-state index contributed by atoms with van der Waals surface area (Å²) in [4.78, 5) is 17.3. The van der Waals surface area contributed by atoms with Gasteiger partial charge in [0.2, 0.25) is 0 Å². The molecule has 0 spiro atoms. The van der Waals surface area contributed by atoms with E-state index in [1.807, 2.05) is 14.1 Å². The van der Waals surface area contributed by atoms with Crippen molar-refractivity contribution in [1.29, 1.82) is 0 Å². The molecule has 0 saturated carbocycles. The van der Waals surface area contributed by atoms with Gasteiger partial charge in [-0.25, -0.2) is 4.79 Å². The van der Waals surface area contributed by atoms with Crippen LogP contribution in [0, 0.1) is 0 Å². The third kappa shape index (κ3) is 5.52. The highest BCUT2D eigenvalue weighted by molar-refractivity contribution is 5.74. The van der Waals surface area contributed by atoms with E-state index in [4.69, 9.17) is 0 Å². The zero-order valence-electron chi connectivity index (χ0n) is 15.9. The summed E-state index contributed by atoms with van der Waals surface area (Å²) >= 11 is 0. The summed E-state index contributed by atoms with van der Waals surface area (Å²) in [6.07, 6.45) is -8.30. The van der Waals surface area contributed by atoms with Gasteiger partial charge in [-0.1, -0.05) is 0 Å². The Balaban J connectivity index is 2.14. The zero-order chi connectivity index (χ0) is 21.3. The maximum Gasteiger partial charge on any atom is 0.416 e. The van der Waals surface area contributed by atoms with Gasteiger partial charge in [0, 0.05) is 32.7 Å². The van der Waals surface area contributed by atoms with Crippen molar-refractivity contribution in [3.05, 3.63) is 34.9 Å². The van der Waals surface area contributed by atoms with Gasteiger partial charge in [0.1, 0.15) is 0 Å². The Kier molecular flexibility index (Phi) is 6.52. The van der Waals surface area contributed by atoms with Gasteiger partial charge in [0.25, 0.3) is 0 Å². The Hall–Kier alpha value is -1.97. The highest BCUT2D eigenvalue weighted by Crippen LogP contribution is 2.36. The first kappa shape index (κ1) is 22.3. The molecule has 0 N–H and O–H groups in total. The maximum atomic E-state index is 13.0. The second kappa shape index (κ2) is 8.18. The first-order valence-electron chi connectivity index (χ1n) is 8.74. The molecule has 0 aliphatic carbocycles. The average Bonchev–Trinajstić information content (AvgIpc) is 2.59. The van der Waals surface area contributed by atoms with Gasteiger partial charge in [-0.3, -0.25) is 0 Å². The SMILES string of the molecule is CN(Cc1cc(C(F)(F)F)cc(C(F)(F)F)c1)C(=O)N1CCC(N(C)C)CC1. The number of nitrogens with zero attached hydrogens (tertiary/aromatic N) is 3. The average molecular weight is 411 g/mol. The highest BCUT2D eigenvalue weighted by Gasteiger charge is 2.37. The molecule has 10 heteroatoms. The van der Waals surface area contributed by atoms with Gasteiger partial charge in [0.05, 0.1) is 11.1 Å². The van der Waals surface area contributed by atoms with Crippen LogP contribution < -0.4 is 0 Å². The van der Waals surface area contributed by atoms with Gasteiger partial charge >= 0.3 is 18.4 Å². The molecule has 2 amide bonds. The molecule has 1 aromatic rings. The summed E-state index contributed by atoms with van der Waals surface area (Å²) in [6.45, 7) is 0.629. The number of rotatable bonds is 3. The Morgan fingerprint density at radius 3 is 1.82 bits per heavy atom. The van der Waals surface area contributed by atoms with Gasteiger partial charge in [-0.15, -0.1) is 0 Å². The van der Waals surface area contributed by atoms with Crippen molar-refractivity contribution in [1.82, 2.24) is 14.7 Å². The molecule has 0 unspecified atom stereocenters. The van der Waals surface area contributed by atoms with Crippen LogP contribution in [0.1, 0.15) is 29.5 Å². The molecular weight excluding hydrogens is 388 g/mol. The second-order valence-electron chi connectivity index (χ2n) is 7.23. The van der Waals surface area contributed by atoms with E-state index in [1.165, 1.54) is 7.05 Å². The van der Waals surface area contributed by atoms with E-state index in [0.717, 1.165) is 17.7 Å². The molecule has 28 heavy (non-hydrogen) atoms. The van der Waals surface area contributed by atoms with Crippen molar-refractivity contribution in [2.45, 2.75) is 37.8 Å². The van der Waals surface area contributed by atoms with Gasteiger partial charge in [-0.05, 0) is 50.7 Å². The molecule has 0 bridgehead atoms. The second-order valence-corrected chi connectivity index (χ2v) is 7.23. The summed E-state index contributed by atoms with van der Waals surface area (Å²) in [5, 5.41) is 0. The predicted molar refractivity (Wildman–Crippen MR) is 91.6 cm³/mol. The first-order valence-corrected chi connectivity index (χ1v) is 8.74. The smallest absolute Gasteiger partial charge is 0.325 e. The molecule has 1 aromatic carbocycles. The number of amides is 2. The molecule has 1 aliphatic heterocycles. The number of alkyl halides is 6. The number of piperidine rings is 1. The lowest BCUT2D eigenvalue weighted by Gasteiger charge is -2.37. The minimum absolute atomic E-state index is 0.0807. The minimum atomic E-state index is -4.91. The molecule has 1 saturated heterocycles. The summed E-state index contributed by atoms with van der Waals surface area (Å²) < 4.78 is 77.8. The molecule has 0 aromatic heterocycles. The van der Waals surface area contributed by atoms with Gasteiger partial charge in [0.15, 0.2) is 0 Å². The van der Waals surface area contributed by atoms with Crippen LogP contribution in [0.4, 0.5) is 31.1 Å². The van der Waals surface area contributed by atoms with Crippen LogP contribution in [0.2, 0.25) is 0 Å². The number of halogens is 6. The Bertz CT molecular complexity index is 661. The monoisotopic (exact) mass is 411 g/mol. The molecule has 0 atom stereocenters. The van der Waals surface area contributed by atoms with E-state index >= 15 is 0 Å². The number of carbonyl (C=O) groups excluding carboxylic acids is 1. The van der Waals surface area contributed by atoms with Crippen molar-refractivity contribution in [3.63, 3.8) is 0 Å². The summed E-state index contributed by atoms with van der Waals surface area (Å²) in [7, 11) is 5.26. The van der Waals surface area contributed by atoms with Crippen molar-refractivity contribution < 1.29 is 31.1 Å². The zero-order valence-corrected chi connectivity index (χ0v) is 15.9. The minimum Gasteiger partial charge on any atom is -0.325 e. The molecule has 1 heterocycles. The van der Waals surface area contributed by atoms with E-state index in [1.54, 1.807) is 4.90 Å². The lowest BCUT2D eigenvalue weighted by Crippen LogP contribution is -2.48. The van der Waals surface area contributed by atoms with Crippen LogP contribution in [-0.4, -0.2) is 61.0 Å². The number of likely N-dealkylation sites (tertiary alicyclic amines) is 1. The lowest BCUT2D eigenvalue weighted by molar-refractivity contribution is -0.143. The number of benzene rings is 1. The van der Waals surface area contributed by atoms with Crippen LogP contribution in [-0.2, 0) is 18.9 Å². The van der Waals surface area contributed by atoms with Crippen LogP contribution in [0.25, 0.3) is 0 Å². The molecular formula is C18H23F6N3O.